The number of pyridine rings is 1. The maximum Gasteiger partial charge on any atom is 0.163 e. The van der Waals surface area contributed by atoms with E-state index in [-0.39, 0.29) is 5.92 Å². The molecule has 0 radical (unpaired) electrons. The molecule has 5 aromatic rings. The molecule has 1 aliphatic carbocycles. The van der Waals surface area contributed by atoms with Gasteiger partial charge >= 0.3 is 0 Å². The Balaban J connectivity index is 1.20. The fraction of sp³-hybridized carbons (Fsp3) is 0.133. The number of benzene rings is 3. The predicted molar refractivity (Wildman–Crippen MR) is 211 cm³/mol. The monoisotopic (exact) mass is 705 g/mol. The van der Waals surface area contributed by atoms with Crippen LogP contribution in [0.1, 0.15) is 40.7 Å². The minimum absolute atomic E-state index is 0.0579. The molecule has 2 atom stereocenters. The molecule has 2 aromatic heterocycles. The van der Waals surface area contributed by atoms with Gasteiger partial charge in [0.15, 0.2) is 11.6 Å². The maximum atomic E-state index is 9.38. The molecule has 256 valence electrons. The second-order valence-electron chi connectivity index (χ2n) is 13.4. The fourth-order valence-electron chi connectivity index (χ4n) is 7.68. The molecule has 0 bridgehead atoms. The van der Waals surface area contributed by atoms with E-state index in [2.05, 4.69) is 125 Å². The minimum atomic E-state index is -0.597. The van der Waals surface area contributed by atoms with Crippen LogP contribution in [0.2, 0.25) is 0 Å². The van der Waals surface area contributed by atoms with Gasteiger partial charge in [-0.1, -0.05) is 115 Å². The van der Waals surface area contributed by atoms with Crippen molar-refractivity contribution in [3.05, 3.63) is 185 Å². The highest BCUT2D eigenvalue weighted by Gasteiger charge is 2.49. The molecule has 0 amide bonds. The third-order valence-corrected chi connectivity index (χ3v) is 11.4. The third kappa shape index (κ3) is 5.80. The van der Waals surface area contributed by atoms with Crippen LogP contribution in [0, 0.1) is 11.3 Å². The summed E-state index contributed by atoms with van der Waals surface area (Å²) in [4.78, 5) is 24.7. The van der Waals surface area contributed by atoms with Gasteiger partial charge in [-0.3, -0.25) is 0 Å². The average molecular weight is 706 g/mol. The number of nitrogens with one attached hydrogen (secondary N) is 1. The molecule has 0 spiro atoms. The van der Waals surface area contributed by atoms with E-state index in [1.54, 1.807) is 6.07 Å². The van der Waals surface area contributed by atoms with Gasteiger partial charge < -0.3 is 10.2 Å². The number of rotatable bonds is 6. The topological polar surface area (TPSA) is 90.6 Å². The van der Waals surface area contributed by atoms with Crippen LogP contribution in [-0.4, -0.2) is 45.0 Å². The number of aromatic nitrogens is 4. The van der Waals surface area contributed by atoms with E-state index >= 15 is 0 Å². The number of nitriles is 1. The smallest absolute Gasteiger partial charge is 0.163 e. The van der Waals surface area contributed by atoms with Gasteiger partial charge in [0.1, 0.15) is 23.0 Å². The van der Waals surface area contributed by atoms with Gasteiger partial charge in [-0.2, -0.15) is 5.26 Å². The molecule has 2 unspecified atom stereocenters. The third-order valence-electron chi connectivity index (χ3n) is 10.2. The number of nitrogens with zero attached hydrogens (tertiary/aromatic N) is 6. The summed E-state index contributed by atoms with van der Waals surface area (Å²) in [5.41, 5.74) is 8.25. The zero-order chi connectivity index (χ0) is 35.8. The molecule has 0 saturated carbocycles. The normalized spacial score (nSPS) is 20.0. The van der Waals surface area contributed by atoms with Crippen molar-refractivity contribution < 1.29 is 0 Å². The molecule has 3 aromatic carbocycles. The molecule has 4 aliphatic rings. The zero-order valence-corrected chi connectivity index (χ0v) is 30.0. The van der Waals surface area contributed by atoms with Crippen LogP contribution >= 0.6 is 11.8 Å². The summed E-state index contributed by atoms with van der Waals surface area (Å²) in [6.07, 6.45) is 20.3. The van der Waals surface area contributed by atoms with Crippen molar-refractivity contribution in [1.82, 2.24) is 30.2 Å². The number of fused-ring (bicyclic) bond motifs is 2. The Kier molecular flexibility index (Phi) is 8.41. The van der Waals surface area contributed by atoms with Crippen LogP contribution in [0.15, 0.2) is 167 Å². The summed E-state index contributed by atoms with van der Waals surface area (Å²) in [5.74, 6) is 1.93. The van der Waals surface area contributed by atoms with Gasteiger partial charge in [0.25, 0.3) is 0 Å². The quantitative estimate of drug-likeness (QED) is 0.188. The van der Waals surface area contributed by atoms with Gasteiger partial charge in [-0.15, -0.1) is 0 Å². The summed E-state index contributed by atoms with van der Waals surface area (Å²) in [6, 6.07) is 33.3. The highest BCUT2D eigenvalue weighted by atomic mass is 32.2. The van der Waals surface area contributed by atoms with Crippen LogP contribution in [-0.2, 0) is 5.41 Å². The molecule has 53 heavy (non-hydrogen) atoms. The Morgan fingerprint density at radius 2 is 1.62 bits per heavy atom. The highest BCUT2D eigenvalue weighted by Crippen LogP contribution is 2.57. The molecule has 0 fully saturated rings. The summed E-state index contributed by atoms with van der Waals surface area (Å²) >= 11 is 1.82. The van der Waals surface area contributed by atoms with Crippen molar-refractivity contribution in [3.63, 3.8) is 0 Å². The van der Waals surface area contributed by atoms with Gasteiger partial charge in [0, 0.05) is 58.4 Å². The summed E-state index contributed by atoms with van der Waals surface area (Å²) in [6.45, 7) is 1.58. The lowest BCUT2D eigenvalue weighted by molar-refractivity contribution is 0.384. The van der Waals surface area contributed by atoms with Crippen molar-refractivity contribution in [2.45, 2.75) is 27.5 Å². The first-order valence-corrected chi connectivity index (χ1v) is 18.6. The number of hydrogen-bond acceptors (Lipinski definition) is 8. The van der Waals surface area contributed by atoms with E-state index in [0.717, 1.165) is 41.2 Å². The lowest BCUT2D eigenvalue weighted by Gasteiger charge is -2.47. The van der Waals surface area contributed by atoms with Crippen molar-refractivity contribution in [3.8, 4) is 28.8 Å². The maximum absolute atomic E-state index is 9.38. The lowest BCUT2D eigenvalue weighted by atomic mass is 9.67. The number of likely N-dealkylation sites (N-methyl/N-ethyl adjacent to an activating group) is 1. The molecule has 7 nitrogen and oxygen atoms in total. The standard InChI is InChI=1S/C45H35N7S/c1-52-27-10-8-19-41(52)45(40-18-7-9-26-47-40)35-15-5-6-17-38(35)53-39-25-24-33(28-36(39)45)44-50-42(31-12-3-2-4-13-31)49-43(51-44)32-22-20-30(21-23-32)37-16-11-14-34(29-46)48-37/h2-22,24-25,28,32,47H,23,26-27H2,1H3. The van der Waals surface area contributed by atoms with Gasteiger partial charge in [-0.05, 0) is 65.6 Å². The first kappa shape index (κ1) is 32.6. The summed E-state index contributed by atoms with van der Waals surface area (Å²) in [7, 11) is 2.18. The second-order valence-corrected chi connectivity index (χ2v) is 14.5. The Morgan fingerprint density at radius 3 is 2.42 bits per heavy atom. The molecule has 9 rings (SSSR count). The van der Waals surface area contributed by atoms with Crippen molar-refractivity contribution >= 4 is 17.3 Å². The number of hydrogen-bond donors (Lipinski definition) is 1. The molecule has 0 saturated heterocycles. The largest absolute Gasteiger partial charge is 0.384 e. The Morgan fingerprint density at radius 1 is 0.811 bits per heavy atom. The molecular formula is C45H35N7S. The van der Waals surface area contributed by atoms with E-state index in [4.69, 9.17) is 15.0 Å². The Hall–Kier alpha value is -6.30. The highest BCUT2D eigenvalue weighted by molar-refractivity contribution is 7.99. The summed E-state index contributed by atoms with van der Waals surface area (Å²) in [5, 5.41) is 13.2. The Bertz CT molecular complexity index is 2490. The number of dihydropyridines is 1. The molecule has 5 heterocycles. The lowest BCUT2D eigenvalue weighted by Crippen LogP contribution is -2.46. The first-order valence-electron chi connectivity index (χ1n) is 17.8. The van der Waals surface area contributed by atoms with Crippen LogP contribution in [0.3, 0.4) is 0 Å². The van der Waals surface area contributed by atoms with Crippen LogP contribution in [0.4, 0.5) is 0 Å². The van der Waals surface area contributed by atoms with E-state index < -0.39 is 5.41 Å². The van der Waals surface area contributed by atoms with Crippen LogP contribution in [0.25, 0.3) is 28.3 Å². The number of allylic oxidation sites excluding steroid dienone is 8. The molecule has 3 aliphatic heterocycles. The minimum Gasteiger partial charge on any atom is -0.384 e. The SMILES string of the molecule is CN1CC=CC=C1C1(C2=CC=CCN2)c2ccccc2Sc2ccc(-c3nc(-c4ccccc4)nc(C4C=CC(c5cccc(C#N)n5)=CC4)n3)cc21. The van der Waals surface area contributed by atoms with Crippen molar-refractivity contribution in [1.29, 1.82) is 5.26 Å². The molecule has 8 heteroatoms. The fourth-order valence-corrected chi connectivity index (χ4v) is 8.85. The van der Waals surface area contributed by atoms with Crippen LogP contribution in [0.5, 0.6) is 0 Å². The second kappa shape index (κ2) is 13.7. The van der Waals surface area contributed by atoms with Crippen LogP contribution < -0.4 is 5.32 Å². The molecular weight excluding hydrogens is 671 g/mol. The summed E-state index contributed by atoms with van der Waals surface area (Å²) < 4.78 is 0. The Labute approximate surface area is 313 Å². The van der Waals surface area contributed by atoms with E-state index in [0.29, 0.717) is 29.6 Å². The predicted octanol–water partition coefficient (Wildman–Crippen LogP) is 8.78. The van der Waals surface area contributed by atoms with Gasteiger partial charge in [-0.25, -0.2) is 19.9 Å². The van der Waals surface area contributed by atoms with E-state index in [1.165, 1.54) is 26.6 Å². The van der Waals surface area contributed by atoms with Gasteiger partial charge in [0.2, 0.25) is 0 Å². The van der Waals surface area contributed by atoms with E-state index in [1.807, 2.05) is 54.2 Å². The first-order chi connectivity index (χ1) is 26.1. The van der Waals surface area contributed by atoms with Crippen molar-refractivity contribution in [2.75, 3.05) is 20.1 Å². The molecule has 1 N–H and O–H groups in total. The zero-order valence-electron chi connectivity index (χ0n) is 29.1. The van der Waals surface area contributed by atoms with Crippen molar-refractivity contribution in [2.24, 2.45) is 0 Å². The van der Waals surface area contributed by atoms with E-state index in [9.17, 15) is 5.26 Å². The average Bonchev–Trinajstić information content (AvgIpc) is 3.23. The van der Waals surface area contributed by atoms with Gasteiger partial charge in [0.05, 0.1) is 5.69 Å².